The Bertz CT molecular complexity index is 1290. The van der Waals surface area contributed by atoms with Gasteiger partial charge in [-0.15, -0.1) is 10.2 Å². The van der Waals surface area contributed by atoms with E-state index in [0.717, 1.165) is 22.5 Å². The van der Waals surface area contributed by atoms with Gasteiger partial charge < -0.3 is 19.1 Å². The van der Waals surface area contributed by atoms with Crippen LogP contribution in [0.15, 0.2) is 59.6 Å². The van der Waals surface area contributed by atoms with Crippen LogP contribution >= 0.6 is 0 Å². The lowest BCUT2D eigenvalue weighted by molar-refractivity contribution is -0.0321. The normalized spacial score (nSPS) is 15.1. The predicted octanol–water partition coefficient (Wildman–Crippen LogP) is 3.63. The molecule has 4 aromatic rings. The van der Waals surface area contributed by atoms with Gasteiger partial charge in [0, 0.05) is 24.2 Å². The fraction of sp³-hybridized carbons (Fsp3) is 0.217. The van der Waals surface area contributed by atoms with Crippen LogP contribution in [-0.4, -0.2) is 52.3 Å². The summed E-state index contributed by atoms with van der Waals surface area (Å²) in [5.74, 6) is 1.84. The molecule has 1 atom stereocenters. The third kappa shape index (κ3) is 3.52. The van der Waals surface area contributed by atoms with E-state index in [9.17, 15) is 0 Å². The van der Waals surface area contributed by atoms with Crippen LogP contribution in [0.4, 0.5) is 5.69 Å². The molecule has 1 aliphatic heterocycles. The van der Waals surface area contributed by atoms with E-state index < -0.39 is 0 Å². The molecule has 0 amide bonds. The quantitative estimate of drug-likeness (QED) is 0.462. The summed E-state index contributed by atoms with van der Waals surface area (Å²) in [4.78, 5) is 6.38. The fourth-order valence-electron chi connectivity index (χ4n) is 3.67. The van der Waals surface area contributed by atoms with Gasteiger partial charge in [0.2, 0.25) is 0 Å². The van der Waals surface area contributed by atoms with Gasteiger partial charge in [-0.2, -0.15) is 9.61 Å². The minimum Gasteiger partial charge on any atom is -0.493 e. The summed E-state index contributed by atoms with van der Waals surface area (Å²) in [5, 5.41) is 13.2. The number of rotatable bonds is 6. The van der Waals surface area contributed by atoms with Gasteiger partial charge in [-0.3, -0.25) is 0 Å². The van der Waals surface area contributed by atoms with Gasteiger partial charge in [0.15, 0.2) is 29.2 Å². The van der Waals surface area contributed by atoms with Gasteiger partial charge in [0.05, 0.1) is 31.9 Å². The first kappa shape index (κ1) is 20.0. The van der Waals surface area contributed by atoms with Crippen LogP contribution < -0.4 is 9.47 Å². The molecule has 1 unspecified atom stereocenters. The van der Waals surface area contributed by atoms with E-state index in [1.165, 1.54) is 0 Å². The second-order valence-electron chi connectivity index (χ2n) is 7.31. The van der Waals surface area contributed by atoms with Crippen LogP contribution in [-0.2, 0) is 11.3 Å². The second-order valence-corrected chi connectivity index (χ2v) is 7.31. The third-order valence-electron chi connectivity index (χ3n) is 5.32. The van der Waals surface area contributed by atoms with Crippen molar-refractivity contribution in [3.8, 4) is 22.8 Å². The minimum absolute atomic E-state index is 0.211. The number of aromatic nitrogens is 4. The van der Waals surface area contributed by atoms with Gasteiger partial charge in [0.1, 0.15) is 6.61 Å². The molecule has 0 radical (unpaired) electrons. The molecule has 0 bridgehead atoms. The number of nitrogens with zero attached hydrogens (tertiary/aromatic N) is 6. The Balaban J connectivity index is 1.44. The maximum Gasteiger partial charge on any atom is 0.180 e. The summed E-state index contributed by atoms with van der Waals surface area (Å²) in [5.41, 5.74) is 4.16. The Morgan fingerprint density at radius 3 is 2.50 bits per heavy atom. The van der Waals surface area contributed by atoms with Crippen molar-refractivity contribution >= 4 is 17.7 Å². The highest BCUT2D eigenvalue weighted by Gasteiger charge is 2.26. The molecule has 0 spiro atoms. The molecule has 0 N–H and O–H groups in total. The Morgan fingerprint density at radius 1 is 0.938 bits per heavy atom. The summed E-state index contributed by atoms with van der Waals surface area (Å²) in [7, 11) is 5.11. The lowest BCUT2D eigenvalue weighted by Crippen LogP contribution is -2.28. The number of hydrogen-bond donors (Lipinski definition) is 0. The third-order valence-corrected chi connectivity index (χ3v) is 5.32. The van der Waals surface area contributed by atoms with Crippen molar-refractivity contribution in [1.29, 1.82) is 0 Å². The highest BCUT2D eigenvalue weighted by Crippen LogP contribution is 2.41. The topological polar surface area (TPSA) is 86.4 Å². The standard InChI is InChI=1S/C23H22N6O3/c1-28-14-24-18-12-20(31-3)19(30-2)11-16(18)23(28)32-13-22-26-25-21-10-9-17(27-29(21)22)15-7-5-4-6-8-15/h4-12,14,23H,13H2,1-3H3. The molecule has 32 heavy (non-hydrogen) atoms. The zero-order valence-electron chi connectivity index (χ0n) is 18.0. The van der Waals surface area contributed by atoms with Gasteiger partial charge in [0.25, 0.3) is 0 Å². The molecule has 2 aromatic carbocycles. The summed E-state index contributed by atoms with van der Waals surface area (Å²) >= 11 is 0. The maximum atomic E-state index is 6.27. The molecule has 1 aliphatic rings. The van der Waals surface area contributed by atoms with Gasteiger partial charge >= 0.3 is 0 Å². The molecule has 9 heteroatoms. The number of methoxy groups -OCH3 is 2. The average Bonchev–Trinajstić information content (AvgIpc) is 3.25. The number of hydrogen-bond acceptors (Lipinski definition) is 8. The summed E-state index contributed by atoms with van der Waals surface area (Å²) in [6, 6.07) is 17.5. The number of aliphatic imine (C=N–C) groups is 1. The lowest BCUT2D eigenvalue weighted by Gasteiger charge is -2.31. The first-order chi connectivity index (χ1) is 15.7. The van der Waals surface area contributed by atoms with Crippen LogP contribution in [0.2, 0.25) is 0 Å². The molecule has 9 nitrogen and oxygen atoms in total. The maximum absolute atomic E-state index is 6.27. The van der Waals surface area contributed by atoms with Crippen LogP contribution in [0.5, 0.6) is 11.5 Å². The highest BCUT2D eigenvalue weighted by atomic mass is 16.5. The number of fused-ring (bicyclic) bond motifs is 2. The van der Waals surface area contributed by atoms with Gasteiger partial charge in [-0.1, -0.05) is 30.3 Å². The second kappa shape index (κ2) is 8.27. The summed E-state index contributed by atoms with van der Waals surface area (Å²) < 4.78 is 18.8. The molecule has 162 valence electrons. The largest absolute Gasteiger partial charge is 0.493 e. The predicted molar refractivity (Wildman–Crippen MR) is 119 cm³/mol. The molecule has 5 rings (SSSR count). The first-order valence-electron chi connectivity index (χ1n) is 10.1. The molecular weight excluding hydrogens is 408 g/mol. The van der Waals surface area contributed by atoms with E-state index in [1.54, 1.807) is 25.1 Å². The van der Waals surface area contributed by atoms with Crippen LogP contribution in [0.1, 0.15) is 17.6 Å². The monoisotopic (exact) mass is 430 g/mol. The van der Waals surface area contributed by atoms with E-state index in [0.29, 0.717) is 23.0 Å². The van der Waals surface area contributed by atoms with Crippen LogP contribution in [0.25, 0.3) is 16.9 Å². The SMILES string of the molecule is COc1cc2c(cc1OC)C(OCc1nnc3ccc(-c4ccccc4)nn13)N(C)C=N2. The number of benzene rings is 2. The Hall–Kier alpha value is -3.98. The zero-order valence-corrected chi connectivity index (χ0v) is 18.0. The van der Waals surface area contributed by atoms with Crippen molar-refractivity contribution < 1.29 is 14.2 Å². The van der Waals surface area contributed by atoms with E-state index in [1.807, 2.05) is 66.5 Å². The van der Waals surface area contributed by atoms with Crippen molar-refractivity contribution in [1.82, 2.24) is 24.7 Å². The summed E-state index contributed by atoms with van der Waals surface area (Å²) in [6.45, 7) is 0.211. The first-order valence-corrected chi connectivity index (χ1v) is 10.1. The molecule has 3 heterocycles. The van der Waals surface area contributed by atoms with Crippen LogP contribution in [0, 0.1) is 0 Å². The Labute approximate surface area is 184 Å². The van der Waals surface area contributed by atoms with Crippen molar-refractivity contribution in [2.75, 3.05) is 21.3 Å². The number of ether oxygens (including phenoxy) is 3. The minimum atomic E-state index is -0.382. The molecule has 0 saturated heterocycles. The Kier molecular flexibility index (Phi) is 5.16. The van der Waals surface area contributed by atoms with Crippen molar-refractivity contribution in [3.05, 3.63) is 66.0 Å². The van der Waals surface area contributed by atoms with Crippen molar-refractivity contribution in [3.63, 3.8) is 0 Å². The molecule has 2 aromatic heterocycles. The van der Waals surface area contributed by atoms with Crippen molar-refractivity contribution in [2.24, 2.45) is 4.99 Å². The molecular formula is C23H22N6O3. The average molecular weight is 430 g/mol. The van der Waals surface area contributed by atoms with E-state index in [4.69, 9.17) is 19.3 Å². The van der Waals surface area contributed by atoms with Crippen molar-refractivity contribution in [2.45, 2.75) is 12.8 Å². The van der Waals surface area contributed by atoms with E-state index in [-0.39, 0.29) is 12.8 Å². The smallest absolute Gasteiger partial charge is 0.180 e. The lowest BCUT2D eigenvalue weighted by atomic mass is 10.1. The molecule has 0 aliphatic carbocycles. The zero-order chi connectivity index (χ0) is 22.1. The highest BCUT2D eigenvalue weighted by molar-refractivity contribution is 5.70. The molecule has 0 saturated carbocycles. The van der Waals surface area contributed by atoms with E-state index in [2.05, 4.69) is 15.2 Å². The Morgan fingerprint density at radius 2 is 1.72 bits per heavy atom. The van der Waals surface area contributed by atoms with E-state index >= 15 is 0 Å². The summed E-state index contributed by atoms with van der Waals surface area (Å²) in [6.07, 6.45) is 1.35. The van der Waals surface area contributed by atoms with Gasteiger partial charge in [-0.05, 0) is 18.2 Å². The van der Waals surface area contributed by atoms with Gasteiger partial charge in [-0.25, -0.2) is 4.99 Å². The fourth-order valence-corrected chi connectivity index (χ4v) is 3.67. The van der Waals surface area contributed by atoms with Crippen LogP contribution in [0.3, 0.4) is 0 Å². The molecule has 0 fully saturated rings.